The SMILES string of the molecule is Cc1cc(NC(=O)c2cc(O)cc(O)c2)cc(C)c1Br. The van der Waals surface area contributed by atoms with Crippen molar-refractivity contribution in [3.63, 3.8) is 0 Å². The molecule has 0 radical (unpaired) electrons. The first kappa shape index (κ1) is 14.4. The minimum absolute atomic E-state index is 0.154. The Hall–Kier alpha value is -2.01. The highest BCUT2D eigenvalue weighted by Crippen LogP contribution is 2.26. The Morgan fingerprint density at radius 2 is 1.50 bits per heavy atom. The first-order valence-corrected chi connectivity index (χ1v) is 6.77. The topological polar surface area (TPSA) is 69.6 Å². The molecule has 0 spiro atoms. The lowest BCUT2D eigenvalue weighted by molar-refractivity contribution is 0.102. The summed E-state index contributed by atoms with van der Waals surface area (Å²) in [6, 6.07) is 7.46. The summed E-state index contributed by atoms with van der Waals surface area (Å²) in [5.41, 5.74) is 2.88. The van der Waals surface area contributed by atoms with Gasteiger partial charge in [-0.15, -0.1) is 0 Å². The number of anilines is 1. The Morgan fingerprint density at radius 1 is 1.00 bits per heavy atom. The number of aromatic hydroxyl groups is 2. The molecule has 0 aliphatic heterocycles. The Bertz CT molecular complexity index is 640. The van der Waals surface area contributed by atoms with Crippen LogP contribution < -0.4 is 5.32 Å². The lowest BCUT2D eigenvalue weighted by Gasteiger charge is -2.10. The van der Waals surface area contributed by atoms with E-state index in [1.165, 1.54) is 18.2 Å². The van der Waals surface area contributed by atoms with E-state index in [2.05, 4.69) is 21.2 Å². The third-order valence-corrected chi connectivity index (χ3v) is 4.11. The van der Waals surface area contributed by atoms with Gasteiger partial charge in [-0.2, -0.15) is 0 Å². The van der Waals surface area contributed by atoms with Gasteiger partial charge in [0.25, 0.3) is 5.91 Å². The summed E-state index contributed by atoms with van der Waals surface area (Å²) in [4.78, 5) is 12.1. The predicted molar refractivity (Wildman–Crippen MR) is 81.3 cm³/mol. The highest BCUT2D eigenvalue weighted by atomic mass is 79.9. The Balaban J connectivity index is 2.28. The molecule has 4 nitrogen and oxygen atoms in total. The van der Waals surface area contributed by atoms with Crippen molar-refractivity contribution in [2.45, 2.75) is 13.8 Å². The van der Waals surface area contributed by atoms with Crippen LogP contribution in [0.2, 0.25) is 0 Å². The maximum atomic E-state index is 12.1. The zero-order valence-electron chi connectivity index (χ0n) is 11.1. The molecule has 0 bridgehead atoms. The number of phenolic OH excluding ortho intramolecular Hbond substituents is 2. The fourth-order valence-electron chi connectivity index (χ4n) is 1.95. The number of hydrogen-bond acceptors (Lipinski definition) is 3. The van der Waals surface area contributed by atoms with Crippen LogP contribution in [0.5, 0.6) is 11.5 Å². The summed E-state index contributed by atoms with van der Waals surface area (Å²) >= 11 is 3.46. The van der Waals surface area contributed by atoms with Crippen LogP contribution in [0.25, 0.3) is 0 Å². The van der Waals surface area contributed by atoms with Crippen molar-refractivity contribution in [1.29, 1.82) is 0 Å². The average molecular weight is 336 g/mol. The van der Waals surface area contributed by atoms with Crippen molar-refractivity contribution in [1.82, 2.24) is 0 Å². The lowest BCUT2D eigenvalue weighted by atomic mass is 10.1. The number of rotatable bonds is 2. The molecule has 0 atom stereocenters. The fourth-order valence-corrected chi connectivity index (χ4v) is 2.18. The van der Waals surface area contributed by atoms with Gasteiger partial charge >= 0.3 is 0 Å². The molecule has 0 fully saturated rings. The summed E-state index contributed by atoms with van der Waals surface area (Å²) in [5.74, 6) is -0.700. The largest absolute Gasteiger partial charge is 0.508 e. The normalized spacial score (nSPS) is 10.3. The van der Waals surface area contributed by atoms with Crippen molar-refractivity contribution >= 4 is 27.5 Å². The van der Waals surface area contributed by atoms with Gasteiger partial charge in [0, 0.05) is 21.8 Å². The van der Waals surface area contributed by atoms with Crippen molar-refractivity contribution in [2.24, 2.45) is 0 Å². The van der Waals surface area contributed by atoms with Gasteiger partial charge in [-0.3, -0.25) is 4.79 Å². The van der Waals surface area contributed by atoms with Crippen LogP contribution in [0.1, 0.15) is 21.5 Å². The van der Waals surface area contributed by atoms with Crippen LogP contribution in [0, 0.1) is 13.8 Å². The van der Waals surface area contributed by atoms with Gasteiger partial charge in [-0.1, -0.05) is 15.9 Å². The minimum atomic E-state index is -0.391. The molecule has 5 heteroatoms. The number of nitrogens with one attached hydrogen (secondary N) is 1. The van der Waals surface area contributed by atoms with Gasteiger partial charge in [-0.05, 0) is 49.2 Å². The smallest absolute Gasteiger partial charge is 0.255 e. The third kappa shape index (κ3) is 3.11. The first-order chi connectivity index (χ1) is 9.36. The van der Waals surface area contributed by atoms with Crippen molar-refractivity contribution in [3.8, 4) is 11.5 Å². The van der Waals surface area contributed by atoms with Gasteiger partial charge in [0.15, 0.2) is 0 Å². The van der Waals surface area contributed by atoms with Crippen LogP contribution in [-0.4, -0.2) is 16.1 Å². The molecule has 2 aromatic carbocycles. The molecule has 0 aliphatic rings. The highest BCUT2D eigenvalue weighted by Gasteiger charge is 2.10. The molecule has 104 valence electrons. The van der Waals surface area contributed by atoms with Crippen LogP contribution in [0.3, 0.4) is 0 Å². The quantitative estimate of drug-likeness (QED) is 0.783. The molecule has 0 saturated carbocycles. The van der Waals surface area contributed by atoms with E-state index in [1.54, 1.807) is 0 Å². The number of carbonyl (C=O) groups excluding carboxylic acids is 1. The van der Waals surface area contributed by atoms with E-state index >= 15 is 0 Å². The zero-order chi connectivity index (χ0) is 14.9. The van der Waals surface area contributed by atoms with Gasteiger partial charge in [0.05, 0.1) is 0 Å². The number of amides is 1. The second-order valence-corrected chi connectivity index (χ2v) is 5.41. The average Bonchev–Trinajstić information content (AvgIpc) is 2.34. The molecule has 0 aromatic heterocycles. The van der Waals surface area contributed by atoms with Crippen molar-refractivity contribution < 1.29 is 15.0 Å². The van der Waals surface area contributed by atoms with Crippen molar-refractivity contribution in [3.05, 3.63) is 51.5 Å². The van der Waals surface area contributed by atoms with E-state index in [-0.39, 0.29) is 17.1 Å². The fraction of sp³-hybridized carbons (Fsp3) is 0.133. The molecule has 3 N–H and O–H groups in total. The van der Waals surface area contributed by atoms with E-state index in [9.17, 15) is 15.0 Å². The Morgan fingerprint density at radius 3 is 2.00 bits per heavy atom. The molecule has 0 aliphatic carbocycles. The van der Waals surface area contributed by atoms with Gasteiger partial charge in [-0.25, -0.2) is 0 Å². The van der Waals surface area contributed by atoms with E-state index in [1.807, 2.05) is 26.0 Å². The predicted octanol–water partition coefficient (Wildman–Crippen LogP) is 3.73. The van der Waals surface area contributed by atoms with E-state index in [0.717, 1.165) is 15.6 Å². The molecule has 20 heavy (non-hydrogen) atoms. The molecule has 1 amide bonds. The summed E-state index contributed by atoms with van der Waals surface area (Å²) in [7, 11) is 0. The second kappa shape index (κ2) is 5.54. The number of phenols is 2. The monoisotopic (exact) mass is 335 g/mol. The molecule has 0 heterocycles. The van der Waals surface area contributed by atoms with E-state index < -0.39 is 5.91 Å². The zero-order valence-corrected chi connectivity index (χ0v) is 12.7. The summed E-state index contributed by atoms with van der Waals surface area (Å²) in [5, 5.41) is 21.5. The second-order valence-electron chi connectivity index (χ2n) is 4.62. The number of carbonyl (C=O) groups is 1. The maximum Gasteiger partial charge on any atom is 0.255 e. The number of halogens is 1. The Labute approximate surface area is 125 Å². The van der Waals surface area contributed by atoms with Crippen LogP contribution >= 0.6 is 15.9 Å². The van der Waals surface area contributed by atoms with Gasteiger partial charge < -0.3 is 15.5 Å². The van der Waals surface area contributed by atoms with Crippen molar-refractivity contribution in [2.75, 3.05) is 5.32 Å². The highest BCUT2D eigenvalue weighted by molar-refractivity contribution is 9.10. The summed E-state index contributed by atoms with van der Waals surface area (Å²) in [6.45, 7) is 3.87. The maximum absolute atomic E-state index is 12.1. The van der Waals surface area contributed by atoms with Crippen LogP contribution in [0.4, 0.5) is 5.69 Å². The van der Waals surface area contributed by atoms with Crippen LogP contribution in [-0.2, 0) is 0 Å². The molecular formula is C15H14BrNO3. The van der Waals surface area contributed by atoms with Gasteiger partial charge in [0.2, 0.25) is 0 Å². The number of benzene rings is 2. The summed E-state index contributed by atoms with van der Waals surface area (Å²) < 4.78 is 1.01. The minimum Gasteiger partial charge on any atom is -0.508 e. The van der Waals surface area contributed by atoms with Gasteiger partial charge in [0.1, 0.15) is 11.5 Å². The Kier molecular flexibility index (Phi) is 3.99. The standard InChI is InChI=1S/C15H14BrNO3/c1-8-3-11(4-9(2)14(8)16)17-15(20)10-5-12(18)7-13(19)6-10/h3-7,18-19H,1-2H3,(H,17,20). The molecule has 2 rings (SSSR count). The third-order valence-electron chi connectivity index (χ3n) is 2.86. The molecular weight excluding hydrogens is 322 g/mol. The van der Waals surface area contributed by atoms with E-state index in [0.29, 0.717) is 5.69 Å². The van der Waals surface area contributed by atoms with E-state index in [4.69, 9.17) is 0 Å². The molecule has 2 aromatic rings. The molecule has 0 saturated heterocycles. The number of hydrogen-bond donors (Lipinski definition) is 3. The summed E-state index contributed by atoms with van der Waals surface area (Å²) in [6.07, 6.45) is 0. The van der Waals surface area contributed by atoms with Crippen LogP contribution in [0.15, 0.2) is 34.8 Å². The number of aryl methyl sites for hydroxylation is 2. The lowest BCUT2D eigenvalue weighted by Crippen LogP contribution is -2.12. The first-order valence-electron chi connectivity index (χ1n) is 5.98. The molecule has 0 unspecified atom stereocenters.